The highest BCUT2D eigenvalue weighted by Crippen LogP contribution is 2.12. The highest BCUT2D eigenvalue weighted by atomic mass is 16.4. The maximum absolute atomic E-state index is 12.3. The summed E-state index contributed by atoms with van der Waals surface area (Å²) in [6, 6.07) is 17.4. The molecule has 0 spiro atoms. The van der Waals surface area contributed by atoms with Gasteiger partial charge in [-0.25, -0.2) is 4.79 Å². The van der Waals surface area contributed by atoms with Gasteiger partial charge in [0.15, 0.2) is 0 Å². The summed E-state index contributed by atoms with van der Waals surface area (Å²) < 4.78 is 0. The highest BCUT2D eigenvalue weighted by molar-refractivity contribution is 6.06. The first-order valence-corrected chi connectivity index (χ1v) is 8.08. The Morgan fingerprint density at radius 2 is 1.81 bits per heavy atom. The quantitative estimate of drug-likeness (QED) is 0.591. The molecular formula is C20H19N3O3. The molecule has 6 heteroatoms. The lowest BCUT2D eigenvalue weighted by Crippen LogP contribution is -2.21. The van der Waals surface area contributed by atoms with Gasteiger partial charge in [0, 0.05) is 25.0 Å². The number of nitrogens with one attached hydrogen (secondary N) is 1. The summed E-state index contributed by atoms with van der Waals surface area (Å²) in [6.07, 6.45) is 1.54. The van der Waals surface area contributed by atoms with Gasteiger partial charge in [-0.05, 0) is 36.8 Å². The molecule has 0 saturated heterocycles. The minimum Gasteiger partial charge on any atom is -0.478 e. The molecule has 0 bridgehead atoms. The van der Waals surface area contributed by atoms with Crippen LogP contribution >= 0.6 is 0 Å². The van der Waals surface area contributed by atoms with Crippen LogP contribution < -0.4 is 5.32 Å². The first kappa shape index (κ1) is 18.7. The fraction of sp³-hybridized carbons (Fsp3) is 0.150. The van der Waals surface area contributed by atoms with Gasteiger partial charge >= 0.3 is 5.97 Å². The van der Waals surface area contributed by atoms with Crippen molar-refractivity contribution in [1.29, 1.82) is 5.26 Å². The summed E-state index contributed by atoms with van der Waals surface area (Å²) in [5.74, 6) is -1.58. The van der Waals surface area contributed by atoms with Crippen LogP contribution in [0.1, 0.15) is 22.8 Å². The molecule has 0 fully saturated rings. The van der Waals surface area contributed by atoms with Crippen molar-refractivity contribution in [2.45, 2.75) is 13.5 Å². The number of amides is 1. The molecule has 0 aliphatic heterocycles. The number of nitriles is 1. The molecule has 0 aliphatic carbocycles. The number of hydrogen-bond donors (Lipinski definition) is 2. The third-order valence-corrected chi connectivity index (χ3v) is 3.70. The van der Waals surface area contributed by atoms with Crippen molar-refractivity contribution < 1.29 is 14.7 Å². The minimum atomic E-state index is -1.04. The van der Waals surface area contributed by atoms with Crippen LogP contribution in [0.25, 0.3) is 0 Å². The van der Waals surface area contributed by atoms with Gasteiger partial charge in [-0.3, -0.25) is 4.79 Å². The number of carbonyl (C=O) groups excluding carboxylic acids is 1. The zero-order valence-electron chi connectivity index (χ0n) is 14.3. The molecule has 132 valence electrons. The van der Waals surface area contributed by atoms with Crippen molar-refractivity contribution in [3.05, 3.63) is 77.5 Å². The third kappa shape index (κ3) is 5.21. The largest absolute Gasteiger partial charge is 0.478 e. The van der Waals surface area contributed by atoms with Gasteiger partial charge in [-0.1, -0.05) is 30.3 Å². The fourth-order valence-corrected chi connectivity index (χ4v) is 2.28. The average molecular weight is 349 g/mol. The molecule has 2 N–H and O–H groups in total. The number of anilines is 1. The van der Waals surface area contributed by atoms with Gasteiger partial charge in [0.25, 0.3) is 5.91 Å². The smallest absolute Gasteiger partial charge is 0.335 e. The summed E-state index contributed by atoms with van der Waals surface area (Å²) >= 11 is 0. The van der Waals surface area contributed by atoms with Crippen molar-refractivity contribution in [3.63, 3.8) is 0 Å². The van der Waals surface area contributed by atoms with E-state index < -0.39 is 11.9 Å². The van der Waals surface area contributed by atoms with Crippen molar-refractivity contribution in [2.24, 2.45) is 0 Å². The Bertz CT molecular complexity index is 837. The maximum atomic E-state index is 12.3. The molecule has 0 aliphatic rings. The molecule has 2 aromatic rings. The second-order valence-electron chi connectivity index (χ2n) is 5.54. The predicted octanol–water partition coefficient (Wildman–Crippen LogP) is 3.25. The van der Waals surface area contributed by atoms with Gasteiger partial charge in [-0.15, -0.1) is 0 Å². The second-order valence-corrected chi connectivity index (χ2v) is 5.54. The minimum absolute atomic E-state index is 0.0231. The van der Waals surface area contributed by atoms with E-state index in [4.69, 9.17) is 5.11 Å². The van der Waals surface area contributed by atoms with Crippen LogP contribution in [0.2, 0.25) is 0 Å². The van der Waals surface area contributed by atoms with E-state index >= 15 is 0 Å². The number of rotatable bonds is 7. The van der Waals surface area contributed by atoms with Gasteiger partial charge in [-0.2, -0.15) is 5.26 Å². The van der Waals surface area contributed by atoms with Gasteiger partial charge < -0.3 is 15.3 Å². The number of carboxylic acid groups (broad SMARTS) is 1. The number of hydrogen-bond acceptors (Lipinski definition) is 4. The molecule has 0 radical (unpaired) electrons. The maximum Gasteiger partial charge on any atom is 0.335 e. The normalized spacial score (nSPS) is 10.7. The van der Waals surface area contributed by atoms with Gasteiger partial charge in [0.05, 0.1) is 5.56 Å². The monoisotopic (exact) mass is 349 g/mol. The second kappa shape index (κ2) is 9.04. The summed E-state index contributed by atoms with van der Waals surface area (Å²) in [5.41, 5.74) is 1.60. The van der Waals surface area contributed by atoms with Crippen molar-refractivity contribution in [3.8, 4) is 6.07 Å². The van der Waals surface area contributed by atoms with Crippen LogP contribution in [-0.4, -0.2) is 28.4 Å². The Balaban J connectivity index is 2.09. The van der Waals surface area contributed by atoms with E-state index in [1.807, 2.05) is 48.2 Å². The average Bonchev–Trinajstić information content (AvgIpc) is 2.66. The van der Waals surface area contributed by atoms with E-state index in [0.717, 1.165) is 5.56 Å². The Labute approximate surface area is 152 Å². The van der Waals surface area contributed by atoms with Gasteiger partial charge in [0.2, 0.25) is 0 Å². The lowest BCUT2D eigenvalue weighted by Gasteiger charge is -2.19. The summed E-state index contributed by atoms with van der Waals surface area (Å²) in [7, 11) is 0. The van der Waals surface area contributed by atoms with Crippen LogP contribution in [0, 0.1) is 11.3 Å². The molecule has 0 heterocycles. The topological polar surface area (TPSA) is 93.4 Å². The fourth-order valence-electron chi connectivity index (χ4n) is 2.28. The molecule has 6 nitrogen and oxygen atoms in total. The summed E-state index contributed by atoms with van der Waals surface area (Å²) in [4.78, 5) is 25.0. The van der Waals surface area contributed by atoms with Crippen LogP contribution in [0.4, 0.5) is 5.69 Å². The third-order valence-electron chi connectivity index (χ3n) is 3.70. The van der Waals surface area contributed by atoms with E-state index in [1.165, 1.54) is 30.5 Å². The molecule has 1 amide bonds. The Morgan fingerprint density at radius 1 is 1.15 bits per heavy atom. The first-order valence-electron chi connectivity index (χ1n) is 8.08. The number of carbonyl (C=O) groups is 2. The Hall–Kier alpha value is -3.59. The first-order chi connectivity index (χ1) is 12.5. The summed E-state index contributed by atoms with van der Waals surface area (Å²) in [5, 5.41) is 20.8. The molecule has 0 saturated carbocycles. The standard InChI is InChI=1S/C20H19N3O3/c1-2-23(13-15-6-4-3-5-7-15)14-17(12-21)19(24)22-18-10-8-16(9-11-18)20(25)26/h3-11,14H,2,13H2,1H3,(H,22,24)(H,25,26)/b17-14-. The molecular weight excluding hydrogens is 330 g/mol. The highest BCUT2D eigenvalue weighted by Gasteiger charge is 2.12. The van der Waals surface area contributed by atoms with Crippen LogP contribution in [-0.2, 0) is 11.3 Å². The molecule has 0 unspecified atom stereocenters. The van der Waals surface area contributed by atoms with Crippen molar-refractivity contribution in [1.82, 2.24) is 4.90 Å². The van der Waals surface area contributed by atoms with Crippen LogP contribution in [0.15, 0.2) is 66.4 Å². The van der Waals surface area contributed by atoms with E-state index in [-0.39, 0.29) is 11.1 Å². The van der Waals surface area contributed by atoms with E-state index in [1.54, 1.807) is 0 Å². The lowest BCUT2D eigenvalue weighted by molar-refractivity contribution is -0.112. The zero-order valence-corrected chi connectivity index (χ0v) is 14.3. The lowest BCUT2D eigenvalue weighted by atomic mass is 10.2. The number of nitrogens with zero attached hydrogens (tertiary/aromatic N) is 2. The molecule has 0 aromatic heterocycles. The van der Waals surface area contributed by atoms with Gasteiger partial charge in [0.1, 0.15) is 11.6 Å². The van der Waals surface area contributed by atoms with Crippen LogP contribution in [0.3, 0.4) is 0 Å². The van der Waals surface area contributed by atoms with E-state index in [2.05, 4.69) is 5.32 Å². The summed E-state index contributed by atoms with van der Waals surface area (Å²) in [6.45, 7) is 3.17. The van der Waals surface area contributed by atoms with Crippen LogP contribution in [0.5, 0.6) is 0 Å². The predicted molar refractivity (Wildman–Crippen MR) is 98.3 cm³/mol. The Kier molecular flexibility index (Phi) is 6.52. The molecule has 26 heavy (non-hydrogen) atoms. The van der Waals surface area contributed by atoms with Crippen molar-refractivity contribution in [2.75, 3.05) is 11.9 Å². The van der Waals surface area contributed by atoms with E-state index in [0.29, 0.717) is 18.8 Å². The Morgan fingerprint density at radius 3 is 2.35 bits per heavy atom. The number of benzene rings is 2. The van der Waals surface area contributed by atoms with E-state index in [9.17, 15) is 14.9 Å². The molecule has 2 aromatic carbocycles. The molecule has 0 atom stereocenters. The molecule has 2 rings (SSSR count). The van der Waals surface area contributed by atoms with Crippen molar-refractivity contribution >= 4 is 17.6 Å². The SMILES string of the molecule is CCN(/C=C(/C#N)C(=O)Nc1ccc(C(=O)O)cc1)Cc1ccccc1. The number of carboxylic acids is 1. The zero-order chi connectivity index (χ0) is 18.9. The number of aromatic carboxylic acids is 1.